The molecule has 0 atom stereocenters. The van der Waals surface area contributed by atoms with Crippen molar-refractivity contribution in [3.63, 3.8) is 0 Å². The van der Waals surface area contributed by atoms with E-state index in [2.05, 4.69) is 15.9 Å². The number of nitrogens with two attached hydrogens (primary N) is 1. The van der Waals surface area contributed by atoms with Gasteiger partial charge in [0, 0.05) is 11.1 Å². The summed E-state index contributed by atoms with van der Waals surface area (Å²) >= 11 is 8.16. The first-order chi connectivity index (χ1) is 9.09. The first kappa shape index (κ1) is 14.0. The van der Waals surface area contributed by atoms with E-state index in [1.54, 1.807) is 24.3 Å². The molecule has 5 heteroatoms. The molecule has 0 saturated carbocycles. The molecule has 0 aromatic heterocycles. The summed E-state index contributed by atoms with van der Waals surface area (Å²) in [5, 5.41) is 0. The first-order valence-corrected chi connectivity index (χ1v) is 6.74. The number of thiocarbonyl (C=S) groups is 1. The Hall–Kier alpha value is -1.46. The lowest BCUT2D eigenvalue weighted by Crippen LogP contribution is -2.13. The monoisotopic (exact) mass is 339 g/mol. The van der Waals surface area contributed by atoms with E-state index in [4.69, 9.17) is 22.7 Å². The Morgan fingerprint density at radius 1 is 1.21 bits per heavy atom. The molecule has 2 aromatic carbocycles. The van der Waals surface area contributed by atoms with Crippen molar-refractivity contribution in [1.29, 1.82) is 0 Å². The maximum Gasteiger partial charge on any atom is 0.139 e. The number of halogens is 2. The molecule has 0 heterocycles. The van der Waals surface area contributed by atoms with Gasteiger partial charge >= 0.3 is 0 Å². The van der Waals surface area contributed by atoms with Crippen molar-refractivity contribution in [2.75, 3.05) is 0 Å². The minimum Gasteiger partial charge on any atom is -0.488 e. The zero-order valence-electron chi connectivity index (χ0n) is 9.90. The molecule has 19 heavy (non-hydrogen) atoms. The predicted octanol–water partition coefficient (Wildman–Crippen LogP) is 3.80. The van der Waals surface area contributed by atoms with Gasteiger partial charge < -0.3 is 10.5 Å². The van der Waals surface area contributed by atoms with Crippen molar-refractivity contribution in [1.82, 2.24) is 0 Å². The summed E-state index contributed by atoms with van der Waals surface area (Å²) in [7, 11) is 0. The second-order valence-electron chi connectivity index (χ2n) is 3.86. The molecular formula is C14H11BrFNOS. The van der Waals surface area contributed by atoms with Crippen molar-refractivity contribution in [2.45, 2.75) is 6.61 Å². The molecule has 0 spiro atoms. The van der Waals surface area contributed by atoms with Crippen LogP contribution >= 0.6 is 28.1 Å². The Morgan fingerprint density at radius 3 is 2.63 bits per heavy atom. The van der Waals surface area contributed by atoms with E-state index < -0.39 is 5.82 Å². The summed E-state index contributed by atoms with van der Waals surface area (Å²) in [6.45, 7) is 0.116. The molecule has 2 rings (SSSR count). The van der Waals surface area contributed by atoms with Gasteiger partial charge in [0.25, 0.3) is 0 Å². The predicted molar refractivity (Wildman–Crippen MR) is 80.8 cm³/mol. The van der Waals surface area contributed by atoms with Crippen LogP contribution in [0.4, 0.5) is 4.39 Å². The topological polar surface area (TPSA) is 35.2 Å². The molecule has 2 aromatic rings. The lowest BCUT2D eigenvalue weighted by molar-refractivity contribution is 0.298. The Bertz CT molecular complexity index is 618. The van der Waals surface area contributed by atoms with Crippen molar-refractivity contribution < 1.29 is 9.13 Å². The van der Waals surface area contributed by atoms with Gasteiger partial charge in [-0.1, -0.05) is 36.5 Å². The molecule has 0 saturated heterocycles. The Balaban J connectivity index is 2.19. The molecule has 2 N–H and O–H groups in total. The summed E-state index contributed by atoms with van der Waals surface area (Å²) in [4.78, 5) is 0.0419. The van der Waals surface area contributed by atoms with Gasteiger partial charge in [-0.2, -0.15) is 0 Å². The van der Waals surface area contributed by atoms with Gasteiger partial charge in [-0.25, -0.2) is 4.39 Å². The van der Waals surface area contributed by atoms with Crippen molar-refractivity contribution in [2.24, 2.45) is 5.73 Å². The molecule has 0 unspecified atom stereocenters. The summed E-state index contributed by atoms with van der Waals surface area (Å²) < 4.78 is 20.5. The minimum atomic E-state index is -0.429. The lowest BCUT2D eigenvalue weighted by Gasteiger charge is -2.10. The molecule has 2 nitrogen and oxygen atoms in total. The average Bonchev–Trinajstić information content (AvgIpc) is 2.39. The molecule has 0 radical (unpaired) electrons. The fraction of sp³-hybridized carbons (Fsp3) is 0.0714. The summed E-state index contributed by atoms with van der Waals surface area (Å²) in [6, 6.07) is 12.3. The highest BCUT2D eigenvalue weighted by atomic mass is 79.9. The van der Waals surface area contributed by atoms with E-state index in [0.717, 1.165) is 4.47 Å². The molecule has 98 valence electrons. The summed E-state index contributed by atoms with van der Waals surface area (Å²) in [5.74, 6) is 0.227. The Kier molecular flexibility index (Phi) is 4.50. The highest BCUT2D eigenvalue weighted by Gasteiger charge is 2.10. The van der Waals surface area contributed by atoms with Gasteiger partial charge in [0.1, 0.15) is 23.2 Å². The van der Waals surface area contributed by atoms with Crippen LogP contribution in [0.25, 0.3) is 0 Å². The van der Waals surface area contributed by atoms with Crippen LogP contribution in [0.3, 0.4) is 0 Å². The van der Waals surface area contributed by atoms with Gasteiger partial charge in [-0.15, -0.1) is 0 Å². The van der Waals surface area contributed by atoms with Crippen molar-refractivity contribution >= 4 is 33.1 Å². The van der Waals surface area contributed by atoms with Crippen LogP contribution in [0.5, 0.6) is 5.75 Å². The third-order valence-electron chi connectivity index (χ3n) is 2.56. The van der Waals surface area contributed by atoms with E-state index >= 15 is 0 Å². The fourth-order valence-corrected chi connectivity index (χ4v) is 2.16. The highest BCUT2D eigenvalue weighted by molar-refractivity contribution is 9.10. The van der Waals surface area contributed by atoms with E-state index in [1.165, 1.54) is 0 Å². The zero-order valence-corrected chi connectivity index (χ0v) is 12.3. The molecule has 0 amide bonds. The average molecular weight is 340 g/mol. The van der Waals surface area contributed by atoms with Gasteiger partial charge in [0.15, 0.2) is 0 Å². The largest absolute Gasteiger partial charge is 0.488 e. The zero-order chi connectivity index (χ0) is 13.8. The van der Waals surface area contributed by atoms with Gasteiger partial charge in [-0.05, 0) is 34.1 Å². The van der Waals surface area contributed by atoms with Crippen LogP contribution in [-0.2, 0) is 6.61 Å². The number of hydrogen-bond acceptors (Lipinski definition) is 2. The second kappa shape index (κ2) is 6.12. The Morgan fingerprint density at radius 2 is 1.95 bits per heavy atom. The van der Waals surface area contributed by atoms with E-state index in [0.29, 0.717) is 11.3 Å². The van der Waals surface area contributed by atoms with Crippen LogP contribution < -0.4 is 10.5 Å². The van der Waals surface area contributed by atoms with Crippen LogP contribution in [0.1, 0.15) is 11.1 Å². The molecule has 0 aliphatic rings. The van der Waals surface area contributed by atoms with Crippen molar-refractivity contribution in [3.05, 3.63) is 63.9 Å². The summed E-state index contributed by atoms with van der Waals surface area (Å²) in [6.07, 6.45) is 0. The quantitative estimate of drug-likeness (QED) is 0.860. The molecule has 0 fully saturated rings. The van der Waals surface area contributed by atoms with E-state index in [1.807, 2.05) is 18.2 Å². The number of hydrogen-bond donors (Lipinski definition) is 1. The first-order valence-electron chi connectivity index (χ1n) is 5.54. The van der Waals surface area contributed by atoms with Crippen LogP contribution in [-0.4, -0.2) is 4.99 Å². The number of rotatable bonds is 4. The Labute approximate surface area is 124 Å². The maximum absolute atomic E-state index is 14.1. The van der Waals surface area contributed by atoms with Crippen molar-refractivity contribution in [3.8, 4) is 5.75 Å². The van der Waals surface area contributed by atoms with Gasteiger partial charge in [0.05, 0.1) is 4.47 Å². The number of benzene rings is 2. The standard InChI is InChI=1S/C14H11BrFNOS/c15-11-6-1-2-7-12(11)18-8-9-4-3-5-10(13(9)16)14(17)19/h1-7H,8H2,(H2,17,19). The van der Waals surface area contributed by atoms with Gasteiger partial charge in [-0.3, -0.25) is 0 Å². The highest BCUT2D eigenvalue weighted by Crippen LogP contribution is 2.25. The van der Waals surface area contributed by atoms with E-state index in [9.17, 15) is 4.39 Å². The second-order valence-corrected chi connectivity index (χ2v) is 5.16. The third-order valence-corrected chi connectivity index (χ3v) is 3.44. The van der Waals surface area contributed by atoms with Crippen LogP contribution in [0, 0.1) is 5.82 Å². The molecule has 0 aliphatic carbocycles. The molecule has 0 aliphatic heterocycles. The smallest absolute Gasteiger partial charge is 0.139 e. The summed E-state index contributed by atoms with van der Waals surface area (Å²) in [5.41, 5.74) is 6.11. The maximum atomic E-state index is 14.1. The normalized spacial score (nSPS) is 10.2. The number of ether oxygens (including phenoxy) is 1. The third kappa shape index (κ3) is 3.30. The van der Waals surface area contributed by atoms with Crippen LogP contribution in [0.2, 0.25) is 0 Å². The van der Waals surface area contributed by atoms with Crippen LogP contribution in [0.15, 0.2) is 46.9 Å². The van der Waals surface area contributed by atoms with E-state index in [-0.39, 0.29) is 17.2 Å². The molecule has 0 bridgehead atoms. The molecular weight excluding hydrogens is 329 g/mol. The SMILES string of the molecule is NC(=S)c1cccc(COc2ccccc2Br)c1F. The fourth-order valence-electron chi connectivity index (χ4n) is 1.60. The lowest BCUT2D eigenvalue weighted by atomic mass is 10.1. The minimum absolute atomic E-state index is 0.0419. The number of para-hydroxylation sites is 1. The van der Waals surface area contributed by atoms with Gasteiger partial charge in [0.2, 0.25) is 0 Å².